The molecule has 6 heterocycles. The molecule has 0 aliphatic heterocycles. The minimum Gasteiger partial charge on any atom is -0.494 e. The van der Waals surface area contributed by atoms with Crippen molar-refractivity contribution in [1.29, 1.82) is 0 Å². The summed E-state index contributed by atoms with van der Waals surface area (Å²) in [5.41, 5.74) is 9.37. The van der Waals surface area contributed by atoms with Crippen LogP contribution in [0.1, 0.15) is 398 Å². The number of fused-ring (bicyclic) bond motifs is 4. The van der Waals surface area contributed by atoms with Crippen molar-refractivity contribution in [3.63, 3.8) is 0 Å². The Morgan fingerprint density at radius 1 is 0.265 bits per heavy atom. The maximum absolute atomic E-state index is 6.01. The number of ether oxygens (including phenoxy) is 7. The Morgan fingerprint density at radius 2 is 0.537 bits per heavy atom. The maximum Gasteiger partial charge on any atom is 0.213 e. The van der Waals surface area contributed by atoms with Gasteiger partial charge in [0.25, 0.3) is 0 Å². The van der Waals surface area contributed by atoms with Gasteiger partial charge in [0.15, 0.2) is 0 Å². The molecule has 5 aromatic carbocycles. The van der Waals surface area contributed by atoms with Crippen LogP contribution < -0.4 is 65.1 Å². The zero-order valence-electron chi connectivity index (χ0n) is 102. The lowest BCUT2D eigenvalue weighted by Crippen LogP contribution is -2.41. The second-order valence-corrected chi connectivity index (χ2v) is 54.4. The topological polar surface area (TPSA) is 215 Å². The summed E-state index contributed by atoms with van der Waals surface area (Å²) in [7, 11) is 0. The van der Waals surface area contributed by atoms with Crippen molar-refractivity contribution in [3.05, 3.63) is 198 Å². The highest BCUT2D eigenvalue weighted by Gasteiger charge is 2.27. The molecule has 0 bridgehead atoms. The highest BCUT2D eigenvalue weighted by molar-refractivity contribution is 5.82. The summed E-state index contributed by atoms with van der Waals surface area (Å²) in [5, 5.41) is 25.0. The first-order chi connectivity index (χ1) is 67.2. The number of furan rings is 4. The first-order valence-electron chi connectivity index (χ1n) is 54.4. The van der Waals surface area contributed by atoms with Crippen LogP contribution in [0, 0.1) is 10.8 Å². The average Bonchev–Trinajstić information content (AvgIpc) is 1.68. The third-order valence-electron chi connectivity index (χ3n) is 22.8. The summed E-state index contributed by atoms with van der Waals surface area (Å²) >= 11 is 0. The SMILES string of the molecule is CC.CC(C)(C)CCCCOc1ccc2oc(C(C)(C)C)cc2c1.CC(C)(C)CCc1cccc(OCCNC(C)(C)C)c1.CC(C)(C)NCCOc1ccc2oc(C(C)(C)C)cc2c1.C[C@@H](CNC(C)(C)C)Oc1cc(C(C)(C)C)ccn1.C[C@@H](CNC(C)(C)C)Oc1ccc2oc(C(C)(C)C)cc2c1.C[C@H](CNC(C)(C)C)Oc1cc(C(C)(C)C)ccn1.C[C@H](CNC(C)(C)C)Oc1ccc2oc(C(C)(C)C)cc2c1. The second-order valence-electron chi connectivity index (χ2n) is 54.4. The number of nitrogens with one attached hydrogen (secondary N) is 6. The standard InChI is InChI=1S/C20H30O2.2C19H29NO2.C18H27NO2.C18H31NO.2C16H28N2O.C2H6/c1-19(2,3)11-7-8-12-21-16-9-10-17-15(13-16)14-18(22-17)20(4,5)6;2*1-13(12-20-19(5,6)7)21-15-8-9-16-14(10-15)11-17(22-16)18(2,3)4;1-17(2,3)16-12-13-11-14(7-8-15(13)21-16)20-10-9-19-18(4,5)6;1-17(2,3)11-10-15-8-7-9-16(14-15)20-13-12-19-18(4,5)6;2*1-12(11-18-16(5,6)7)19-14-10-13(8-9-17-14)15(2,3)4;1-2/h9-10,13-14H,7-8,11-12H2,1-6H3;2*8-11,13,20H,12H2,1-7H3;7-8,11-12,19H,9-10H2,1-6H3;7-9,14,19H,10-13H2,1-6H3;2*8-10,12,18H,11H2,1-7H3;1-2H3/t;2*13-;;;2*12-;/m.10..10./s1. The van der Waals surface area contributed by atoms with E-state index < -0.39 is 0 Å². The Kier molecular flexibility index (Phi) is 49.9. The number of unbranched alkanes of at least 4 members (excludes halogenated alkanes) is 1. The molecule has 0 amide bonds. The fourth-order valence-electron chi connectivity index (χ4n) is 14.1. The first-order valence-corrected chi connectivity index (χ1v) is 54.4. The van der Waals surface area contributed by atoms with Crippen molar-refractivity contribution < 1.29 is 50.8 Å². The molecule has 0 unspecified atom stereocenters. The van der Waals surface area contributed by atoms with Crippen LogP contribution in [0.25, 0.3) is 43.9 Å². The highest BCUT2D eigenvalue weighted by atomic mass is 16.5. The van der Waals surface area contributed by atoms with E-state index >= 15 is 0 Å². The van der Waals surface area contributed by atoms with E-state index in [-0.39, 0.29) is 90.1 Å². The number of aromatic nitrogens is 2. The summed E-state index contributed by atoms with van der Waals surface area (Å²) in [6.07, 6.45) is 9.94. The van der Waals surface area contributed by atoms with Crippen LogP contribution in [-0.2, 0) is 38.9 Å². The van der Waals surface area contributed by atoms with E-state index in [9.17, 15) is 0 Å². The van der Waals surface area contributed by atoms with Crippen LogP contribution in [0.3, 0.4) is 0 Å². The van der Waals surface area contributed by atoms with E-state index in [1.54, 1.807) is 0 Å². The van der Waals surface area contributed by atoms with Crippen LogP contribution >= 0.6 is 0 Å². The van der Waals surface area contributed by atoms with E-state index in [1.807, 2.05) is 111 Å². The Labute approximate surface area is 893 Å². The van der Waals surface area contributed by atoms with Crippen molar-refractivity contribution in [3.8, 4) is 40.5 Å². The maximum atomic E-state index is 6.01. The first kappa shape index (κ1) is 130. The van der Waals surface area contributed by atoms with Gasteiger partial charge >= 0.3 is 0 Å². The molecule has 11 aromatic rings. The zero-order valence-corrected chi connectivity index (χ0v) is 102. The highest BCUT2D eigenvalue weighted by Crippen LogP contribution is 2.38. The molecule has 19 heteroatoms. The number of aryl methyl sites for hydroxylation is 1. The van der Waals surface area contributed by atoms with Crippen LogP contribution in [0.2, 0.25) is 0 Å². The number of hydrogen-bond donors (Lipinski definition) is 6. The molecule has 0 spiro atoms. The number of rotatable bonds is 31. The minimum absolute atomic E-state index is 0.0178. The van der Waals surface area contributed by atoms with Gasteiger partial charge in [-0.1, -0.05) is 192 Å². The number of pyridine rings is 2. The van der Waals surface area contributed by atoms with Crippen molar-refractivity contribution in [1.82, 2.24) is 41.9 Å². The van der Waals surface area contributed by atoms with E-state index in [0.29, 0.717) is 35.8 Å². The van der Waals surface area contributed by atoms with Crippen LogP contribution in [0.4, 0.5) is 0 Å². The predicted octanol–water partition coefficient (Wildman–Crippen LogP) is 33.1. The number of benzene rings is 5. The third kappa shape index (κ3) is 55.5. The molecule has 0 saturated carbocycles. The number of hydrogen-bond acceptors (Lipinski definition) is 19. The quantitative estimate of drug-likeness (QED) is 0.0223. The fourth-order valence-corrected chi connectivity index (χ4v) is 14.1. The molecular weight excluding hydrogens is 1830 g/mol. The Morgan fingerprint density at radius 3 is 0.816 bits per heavy atom. The minimum atomic E-state index is 0.0178. The van der Waals surface area contributed by atoms with Gasteiger partial charge in [0, 0.05) is 140 Å². The fraction of sp³-hybridized carbons (Fsp3) is 0.625. The van der Waals surface area contributed by atoms with Gasteiger partial charge < -0.3 is 82.7 Å². The zero-order chi connectivity index (χ0) is 112. The Bertz CT molecular complexity index is 5400. The number of nitrogens with zero attached hydrogens (tertiary/aromatic N) is 2. The molecule has 6 N–H and O–H groups in total. The monoisotopic (exact) mass is 2030 g/mol. The van der Waals surface area contributed by atoms with E-state index in [2.05, 4.69) is 421 Å². The van der Waals surface area contributed by atoms with Crippen molar-refractivity contribution in [2.24, 2.45) is 10.8 Å². The van der Waals surface area contributed by atoms with Gasteiger partial charge in [-0.25, -0.2) is 9.97 Å². The molecule has 0 saturated heterocycles. The van der Waals surface area contributed by atoms with Gasteiger partial charge in [0.2, 0.25) is 11.8 Å². The molecule has 0 radical (unpaired) electrons. The second kappa shape index (κ2) is 56.3. The van der Waals surface area contributed by atoms with Crippen molar-refractivity contribution >= 4 is 43.9 Å². The van der Waals surface area contributed by atoms with Gasteiger partial charge in [0.05, 0.1) is 6.61 Å². The van der Waals surface area contributed by atoms with Crippen molar-refractivity contribution in [2.45, 2.75) is 455 Å². The van der Waals surface area contributed by atoms with Gasteiger partial charge in [-0.3, -0.25) is 0 Å². The predicted molar refractivity (Wildman–Crippen MR) is 628 cm³/mol. The molecule has 4 atom stereocenters. The van der Waals surface area contributed by atoms with Crippen LogP contribution in [0.15, 0.2) is 176 Å². The molecule has 826 valence electrons. The molecule has 19 nitrogen and oxygen atoms in total. The summed E-state index contributed by atoms with van der Waals surface area (Å²) in [4.78, 5) is 8.57. The lowest BCUT2D eigenvalue weighted by atomic mass is 9.88. The molecule has 0 aliphatic rings. The van der Waals surface area contributed by atoms with E-state index in [1.165, 1.54) is 36.0 Å². The summed E-state index contributed by atoms with van der Waals surface area (Å²) in [5.74, 6) is 10.0. The van der Waals surface area contributed by atoms with Gasteiger partial charge in [-0.15, -0.1) is 0 Å². The van der Waals surface area contributed by atoms with Gasteiger partial charge in [-0.05, 0) is 344 Å². The molecule has 6 aromatic heterocycles. The normalized spacial score (nSPS) is 13.5. The summed E-state index contributed by atoms with van der Waals surface area (Å²) < 4.78 is 64.9. The molecule has 0 fully saturated rings. The molecule has 147 heavy (non-hydrogen) atoms. The Balaban J connectivity index is 0.000000356. The summed E-state index contributed by atoms with van der Waals surface area (Å²) in [6.45, 7) is 111. The summed E-state index contributed by atoms with van der Waals surface area (Å²) in [6, 6.07) is 49.2. The van der Waals surface area contributed by atoms with Crippen molar-refractivity contribution in [2.75, 3.05) is 59.1 Å². The Hall–Kier alpha value is -9.08. The lowest BCUT2D eigenvalue weighted by molar-refractivity contribution is 0.195. The smallest absolute Gasteiger partial charge is 0.213 e. The van der Waals surface area contributed by atoms with Crippen LogP contribution in [0.5, 0.6) is 40.5 Å². The van der Waals surface area contributed by atoms with E-state index in [0.717, 1.165) is 154 Å². The average molecular weight is 2040 g/mol. The third-order valence-corrected chi connectivity index (χ3v) is 22.8. The van der Waals surface area contributed by atoms with Crippen LogP contribution in [-0.4, -0.2) is 127 Å². The molecule has 0 aliphatic carbocycles. The molecule has 11 rings (SSSR count). The lowest BCUT2D eigenvalue weighted by Gasteiger charge is -2.24. The van der Waals surface area contributed by atoms with E-state index in [4.69, 9.17) is 50.8 Å². The van der Waals surface area contributed by atoms with Gasteiger partial charge in [-0.2, -0.15) is 0 Å². The largest absolute Gasteiger partial charge is 0.494 e. The molecular formula is C128H208N8O11. The van der Waals surface area contributed by atoms with Gasteiger partial charge in [0.1, 0.15) is 112 Å².